The molecule has 2 aliphatic rings. The van der Waals surface area contributed by atoms with Crippen LogP contribution in [0, 0.1) is 0 Å². The Morgan fingerprint density at radius 2 is 2.11 bits per heavy atom. The Kier molecular flexibility index (Phi) is 6.51. The normalized spacial score (nSPS) is 28.4. The smallest absolute Gasteiger partial charge is 0.0713 e. The second-order valence-corrected chi connectivity index (χ2v) is 7.62. The van der Waals surface area contributed by atoms with Gasteiger partial charge in [-0.2, -0.15) is 11.8 Å². The van der Waals surface area contributed by atoms with Crippen LogP contribution in [0.2, 0.25) is 0 Å². The summed E-state index contributed by atoms with van der Waals surface area (Å²) in [5.74, 6) is 2.58. The summed E-state index contributed by atoms with van der Waals surface area (Å²) in [6.45, 7) is 5.60. The van der Waals surface area contributed by atoms with Crippen LogP contribution in [0.4, 0.5) is 0 Å². The van der Waals surface area contributed by atoms with Gasteiger partial charge in [-0.25, -0.2) is 0 Å². The topological polar surface area (TPSA) is 21.3 Å². The van der Waals surface area contributed by atoms with Crippen LogP contribution < -0.4 is 5.32 Å². The summed E-state index contributed by atoms with van der Waals surface area (Å²) in [5, 5.41) is 3.86. The van der Waals surface area contributed by atoms with Gasteiger partial charge < -0.3 is 10.1 Å². The van der Waals surface area contributed by atoms with Crippen LogP contribution in [0.25, 0.3) is 0 Å². The third kappa shape index (κ3) is 4.95. The lowest BCUT2D eigenvalue weighted by Gasteiger charge is -2.44. The van der Waals surface area contributed by atoms with E-state index in [0.717, 1.165) is 6.61 Å². The monoisotopic (exact) mass is 285 g/mol. The van der Waals surface area contributed by atoms with E-state index in [0.29, 0.717) is 12.1 Å². The Hall–Kier alpha value is 0.270. The molecule has 0 aromatic carbocycles. The highest BCUT2D eigenvalue weighted by Crippen LogP contribution is 2.37. The minimum atomic E-state index is 0.226. The molecule has 0 aromatic heterocycles. The molecule has 0 amide bonds. The molecule has 2 aliphatic heterocycles. The molecule has 2 unspecified atom stereocenters. The van der Waals surface area contributed by atoms with Gasteiger partial charge in [0.05, 0.1) is 5.60 Å². The van der Waals surface area contributed by atoms with Gasteiger partial charge in [0.1, 0.15) is 0 Å². The number of hydrogen-bond acceptors (Lipinski definition) is 3. The molecule has 2 saturated heterocycles. The van der Waals surface area contributed by atoms with Crippen LogP contribution in [0.15, 0.2) is 0 Å². The molecular weight excluding hydrogens is 254 g/mol. The van der Waals surface area contributed by atoms with Gasteiger partial charge in [-0.1, -0.05) is 26.2 Å². The zero-order valence-electron chi connectivity index (χ0n) is 12.7. The van der Waals surface area contributed by atoms with Gasteiger partial charge in [0.15, 0.2) is 0 Å². The van der Waals surface area contributed by atoms with E-state index in [1.165, 1.54) is 62.9 Å². The van der Waals surface area contributed by atoms with Crippen molar-refractivity contribution in [2.75, 3.05) is 18.1 Å². The van der Waals surface area contributed by atoms with E-state index in [4.69, 9.17) is 4.74 Å². The summed E-state index contributed by atoms with van der Waals surface area (Å²) < 4.78 is 6.16. The minimum Gasteiger partial charge on any atom is -0.375 e. The fraction of sp³-hybridized carbons (Fsp3) is 1.00. The molecule has 1 N–H and O–H groups in total. The number of ether oxygens (including phenoxy) is 1. The van der Waals surface area contributed by atoms with E-state index in [1.54, 1.807) is 0 Å². The van der Waals surface area contributed by atoms with Crippen LogP contribution in [-0.2, 0) is 4.74 Å². The van der Waals surface area contributed by atoms with Crippen molar-refractivity contribution in [3.63, 3.8) is 0 Å². The molecule has 0 radical (unpaired) electrons. The first-order valence-electron chi connectivity index (χ1n) is 8.22. The Morgan fingerprint density at radius 1 is 1.32 bits per heavy atom. The van der Waals surface area contributed by atoms with Crippen LogP contribution in [0.5, 0.6) is 0 Å². The molecule has 2 heterocycles. The van der Waals surface area contributed by atoms with Crippen LogP contribution in [0.3, 0.4) is 0 Å². The Balaban J connectivity index is 1.74. The minimum absolute atomic E-state index is 0.226. The van der Waals surface area contributed by atoms with Crippen molar-refractivity contribution in [3.8, 4) is 0 Å². The standard InChI is InChI=1S/C16H31NOS/c1-3-4-5-6-14(2)17-15-7-10-18-16(13-15)8-11-19-12-9-16/h14-15,17H,3-13H2,1-2H3. The number of nitrogens with one attached hydrogen (secondary N) is 1. The first-order chi connectivity index (χ1) is 9.24. The Bertz CT molecular complexity index is 248. The first kappa shape index (κ1) is 15.7. The molecule has 112 valence electrons. The lowest BCUT2D eigenvalue weighted by molar-refractivity contribution is -0.0941. The predicted octanol–water partition coefficient (Wildman–Crippen LogP) is 3.99. The Labute approximate surface area is 123 Å². The van der Waals surface area contributed by atoms with Gasteiger partial charge in [-0.05, 0) is 50.5 Å². The van der Waals surface area contributed by atoms with Crippen molar-refractivity contribution in [1.29, 1.82) is 0 Å². The summed E-state index contributed by atoms with van der Waals surface area (Å²) in [5.41, 5.74) is 0.226. The van der Waals surface area contributed by atoms with E-state index in [1.807, 2.05) is 0 Å². The number of thioether (sulfide) groups is 1. The maximum atomic E-state index is 6.16. The van der Waals surface area contributed by atoms with E-state index >= 15 is 0 Å². The van der Waals surface area contributed by atoms with Gasteiger partial charge >= 0.3 is 0 Å². The summed E-state index contributed by atoms with van der Waals surface area (Å²) >= 11 is 2.09. The van der Waals surface area contributed by atoms with Gasteiger partial charge in [-0.15, -0.1) is 0 Å². The van der Waals surface area contributed by atoms with E-state index in [2.05, 4.69) is 30.9 Å². The molecule has 1 spiro atoms. The van der Waals surface area contributed by atoms with Gasteiger partial charge in [0, 0.05) is 18.7 Å². The molecule has 19 heavy (non-hydrogen) atoms. The van der Waals surface area contributed by atoms with Crippen LogP contribution >= 0.6 is 11.8 Å². The largest absolute Gasteiger partial charge is 0.375 e. The molecular formula is C16H31NOS. The summed E-state index contributed by atoms with van der Waals surface area (Å²) in [6.07, 6.45) is 10.4. The van der Waals surface area contributed by atoms with Crippen molar-refractivity contribution >= 4 is 11.8 Å². The third-order valence-electron chi connectivity index (χ3n) is 4.66. The first-order valence-corrected chi connectivity index (χ1v) is 9.37. The molecule has 0 aliphatic carbocycles. The van der Waals surface area contributed by atoms with Gasteiger partial charge in [0.25, 0.3) is 0 Å². The second-order valence-electron chi connectivity index (χ2n) is 6.40. The maximum absolute atomic E-state index is 6.16. The number of hydrogen-bond donors (Lipinski definition) is 1. The molecule has 2 atom stereocenters. The van der Waals surface area contributed by atoms with Gasteiger partial charge in [-0.3, -0.25) is 0 Å². The maximum Gasteiger partial charge on any atom is 0.0713 e. The Morgan fingerprint density at radius 3 is 2.84 bits per heavy atom. The van der Waals surface area contributed by atoms with Gasteiger partial charge in [0.2, 0.25) is 0 Å². The average Bonchev–Trinajstić information content (AvgIpc) is 2.40. The second kappa shape index (κ2) is 7.90. The summed E-state index contributed by atoms with van der Waals surface area (Å²) in [6, 6.07) is 1.36. The summed E-state index contributed by atoms with van der Waals surface area (Å²) in [4.78, 5) is 0. The number of rotatable bonds is 6. The molecule has 2 fully saturated rings. The van der Waals surface area contributed by atoms with Crippen molar-refractivity contribution in [3.05, 3.63) is 0 Å². The molecule has 0 aromatic rings. The third-order valence-corrected chi connectivity index (χ3v) is 5.64. The van der Waals surface area contributed by atoms with E-state index in [9.17, 15) is 0 Å². The molecule has 2 nitrogen and oxygen atoms in total. The van der Waals surface area contributed by atoms with Crippen molar-refractivity contribution in [2.24, 2.45) is 0 Å². The predicted molar refractivity (Wildman–Crippen MR) is 85.0 cm³/mol. The fourth-order valence-corrected chi connectivity index (χ4v) is 4.68. The highest BCUT2D eigenvalue weighted by molar-refractivity contribution is 7.99. The fourth-order valence-electron chi connectivity index (χ4n) is 3.45. The van der Waals surface area contributed by atoms with Crippen LogP contribution in [-0.4, -0.2) is 35.8 Å². The summed E-state index contributed by atoms with van der Waals surface area (Å²) in [7, 11) is 0. The zero-order valence-corrected chi connectivity index (χ0v) is 13.6. The lowest BCUT2D eigenvalue weighted by Crippen LogP contribution is -2.50. The van der Waals surface area contributed by atoms with Crippen molar-refractivity contribution in [2.45, 2.75) is 82.9 Å². The molecule has 2 rings (SSSR count). The van der Waals surface area contributed by atoms with E-state index in [-0.39, 0.29) is 5.60 Å². The van der Waals surface area contributed by atoms with E-state index < -0.39 is 0 Å². The highest BCUT2D eigenvalue weighted by atomic mass is 32.2. The molecule has 0 saturated carbocycles. The van der Waals surface area contributed by atoms with Crippen molar-refractivity contribution in [1.82, 2.24) is 5.32 Å². The van der Waals surface area contributed by atoms with Crippen molar-refractivity contribution < 1.29 is 4.74 Å². The quantitative estimate of drug-likeness (QED) is 0.746. The van der Waals surface area contributed by atoms with Crippen LogP contribution in [0.1, 0.15) is 65.2 Å². The lowest BCUT2D eigenvalue weighted by atomic mass is 9.85. The number of unbranched alkanes of at least 4 members (excludes halogenated alkanes) is 2. The average molecular weight is 285 g/mol. The molecule has 0 bridgehead atoms. The SMILES string of the molecule is CCCCCC(C)NC1CCOC2(CCSCC2)C1. The zero-order chi connectivity index (χ0) is 13.6. The highest BCUT2D eigenvalue weighted by Gasteiger charge is 2.38. The molecule has 3 heteroatoms.